The van der Waals surface area contributed by atoms with Crippen LogP contribution in [0, 0.1) is 12.3 Å². The molecule has 0 amide bonds. The molecule has 0 heterocycles. The first-order chi connectivity index (χ1) is 7.12. The van der Waals surface area contributed by atoms with Gasteiger partial charge in [-0.1, -0.05) is 6.92 Å². The minimum Gasteiger partial charge on any atom is -0.317 e. The van der Waals surface area contributed by atoms with Gasteiger partial charge in [0.25, 0.3) is 0 Å². The molecule has 1 N–H and O–H groups in total. The molecule has 88 valence electrons. The maximum Gasteiger partial charge on any atom is 0.150 e. The fraction of sp³-hybridized carbons (Fsp3) is 0.818. The Labute approximate surface area is 93.6 Å². The highest BCUT2D eigenvalue weighted by Crippen LogP contribution is 1.94. The Morgan fingerprint density at radius 2 is 1.87 bits per heavy atom. The summed E-state index contributed by atoms with van der Waals surface area (Å²) in [6, 6.07) is 0. The van der Waals surface area contributed by atoms with E-state index in [-0.39, 0.29) is 5.75 Å². The maximum absolute atomic E-state index is 11.1. The second-order valence-corrected chi connectivity index (χ2v) is 5.97. The molecule has 0 saturated carbocycles. The van der Waals surface area contributed by atoms with Crippen LogP contribution in [-0.2, 0) is 9.84 Å². The summed E-state index contributed by atoms with van der Waals surface area (Å²) in [7, 11) is -2.79. The van der Waals surface area contributed by atoms with Crippen molar-refractivity contribution in [3.05, 3.63) is 0 Å². The third-order valence-corrected chi connectivity index (χ3v) is 3.96. The van der Waals surface area contributed by atoms with E-state index in [0.717, 1.165) is 32.4 Å². The fourth-order valence-corrected chi connectivity index (χ4v) is 2.04. The Morgan fingerprint density at radius 3 is 2.47 bits per heavy atom. The van der Waals surface area contributed by atoms with Crippen molar-refractivity contribution in [2.75, 3.05) is 24.6 Å². The monoisotopic (exact) mass is 231 g/mol. The van der Waals surface area contributed by atoms with E-state index in [2.05, 4.69) is 11.2 Å². The molecule has 0 atom stereocenters. The van der Waals surface area contributed by atoms with Gasteiger partial charge in [-0.3, -0.25) is 0 Å². The smallest absolute Gasteiger partial charge is 0.150 e. The third kappa shape index (κ3) is 9.77. The molecule has 0 aromatic carbocycles. The molecular weight excluding hydrogens is 210 g/mol. The number of sulfone groups is 1. The van der Waals surface area contributed by atoms with Gasteiger partial charge < -0.3 is 5.32 Å². The van der Waals surface area contributed by atoms with Crippen LogP contribution in [-0.4, -0.2) is 33.0 Å². The van der Waals surface area contributed by atoms with Crippen molar-refractivity contribution in [3.8, 4) is 12.3 Å². The van der Waals surface area contributed by atoms with Crippen molar-refractivity contribution in [1.82, 2.24) is 5.32 Å². The van der Waals surface area contributed by atoms with Crippen LogP contribution in [0.2, 0.25) is 0 Å². The third-order valence-electron chi connectivity index (χ3n) is 2.17. The molecule has 0 spiro atoms. The summed E-state index contributed by atoms with van der Waals surface area (Å²) in [6.45, 7) is 3.38. The van der Waals surface area contributed by atoms with Crippen LogP contribution in [0.25, 0.3) is 0 Å². The molecule has 0 aliphatic heterocycles. The van der Waals surface area contributed by atoms with E-state index in [1.54, 1.807) is 6.92 Å². The molecule has 0 aliphatic rings. The van der Waals surface area contributed by atoms with E-state index in [9.17, 15) is 8.42 Å². The lowest BCUT2D eigenvalue weighted by Crippen LogP contribution is -2.20. The largest absolute Gasteiger partial charge is 0.317 e. The number of terminal acetylenes is 1. The zero-order valence-electron chi connectivity index (χ0n) is 9.46. The van der Waals surface area contributed by atoms with Crippen LogP contribution in [0.5, 0.6) is 0 Å². The molecular formula is C11H21NO2S. The standard InChI is InChI=1S/C11H21NO2S/c1-3-5-6-7-9-12-10-8-11-15(13,14)4-2/h1,12H,4-11H2,2H3. The van der Waals surface area contributed by atoms with Crippen molar-refractivity contribution in [3.63, 3.8) is 0 Å². The predicted molar refractivity (Wildman–Crippen MR) is 64.5 cm³/mol. The van der Waals surface area contributed by atoms with Gasteiger partial charge in [0, 0.05) is 12.2 Å². The summed E-state index contributed by atoms with van der Waals surface area (Å²) in [5, 5.41) is 3.21. The molecule has 0 rings (SSSR count). The quantitative estimate of drug-likeness (QED) is 0.479. The van der Waals surface area contributed by atoms with Crippen molar-refractivity contribution >= 4 is 9.84 Å². The minimum atomic E-state index is -2.79. The minimum absolute atomic E-state index is 0.245. The Bertz CT molecular complexity index is 277. The zero-order valence-corrected chi connectivity index (χ0v) is 10.3. The van der Waals surface area contributed by atoms with Crippen LogP contribution in [0.1, 0.15) is 32.6 Å². The molecule has 3 nitrogen and oxygen atoms in total. The maximum atomic E-state index is 11.1. The van der Waals surface area contributed by atoms with E-state index in [1.807, 2.05) is 0 Å². The lowest BCUT2D eigenvalue weighted by atomic mass is 10.2. The summed E-state index contributed by atoms with van der Waals surface area (Å²) in [6.07, 6.45) is 8.74. The molecule has 15 heavy (non-hydrogen) atoms. The van der Waals surface area contributed by atoms with Crippen LogP contribution in [0.3, 0.4) is 0 Å². The van der Waals surface area contributed by atoms with Crippen molar-refractivity contribution < 1.29 is 8.42 Å². The Morgan fingerprint density at radius 1 is 1.20 bits per heavy atom. The van der Waals surface area contributed by atoms with Gasteiger partial charge in [-0.05, 0) is 32.4 Å². The lowest BCUT2D eigenvalue weighted by Gasteiger charge is -2.03. The highest BCUT2D eigenvalue weighted by molar-refractivity contribution is 7.91. The van der Waals surface area contributed by atoms with Gasteiger partial charge in [-0.15, -0.1) is 12.3 Å². The predicted octanol–water partition coefficient (Wildman–Crippen LogP) is 1.20. The SMILES string of the molecule is C#CCCCCNCCCS(=O)(=O)CC. The molecule has 4 heteroatoms. The first-order valence-corrected chi connectivity index (χ1v) is 7.29. The number of hydrogen-bond acceptors (Lipinski definition) is 3. The molecule has 0 radical (unpaired) electrons. The number of hydrogen-bond donors (Lipinski definition) is 1. The Hall–Kier alpha value is -0.530. The van der Waals surface area contributed by atoms with E-state index < -0.39 is 9.84 Å². The molecule has 0 aromatic heterocycles. The van der Waals surface area contributed by atoms with Gasteiger partial charge in [-0.2, -0.15) is 0 Å². The van der Waals surface area contributed by atoms with E-state index in [0.29, 0.717) is 12.2 Å². The van der Waals surface area contributed by atoms with Gasteiger partial charge in [0.1, 0.15) is 9.84 Å². The lowest BCUT2D eigenvalue weighted by molar-refractivity contribution is 0.586. The zero-order chi connectivity index (χ0) is 11.6. The van der Waals surface area contributed by atoms with Gasteiger partial charge >= 0.3 is 0 Å². The first-order valence-electron chi connectivity index (χ1n) is 5.47. The van der Waals surface area contributed by atoms with Crippen LogP contribution < -0.4 is 5.32 Å². The van der Waals surface area contributed by atoms with Gasteiger partial charge in [0.15, 0.2) is 0 Å². The Kier molecular flexibility index (Phi) is 8.44. The Balaban J connectivity index is 3.23. The van der Waals surface area contributed by atoms with Gasteiger partial charge in [-0.25, -0.2) is 8.42 Å². The van der Waals surface area contributed by atoms with Crippen molar-refractivity contribution in [1.29, 1.82) is 0 Å². The average Bonchev–Trinajstić information content (AvgIpc) is 2.22. The first kappa shape index (κ1) is 14.5. The number of nitrogens with one attached hydrogen (secondary N) is 1. The fourth-order valence-electron chi connectivity index (χ4n) is 1.16. The van der Waals surface area contributed by atoms with Crippen molar-refractivity contribution in [2.45, 2.75) is 32.6 Å². The van der Waals surface area contributed by atoms with Crippen molar-refractivity contribution in [2.24, 2.45) is 0 Å². The summed E-state index contributed by atoms with van der Waals surface area (Å²) >= 11 is 0. The highest BCUT2D eigenvalue weighted by atomic mass is 32.2. The normalized spacial score (nSPS) is 11.2. The number of rotatable bonds is 9. The number of unbranched alkanes of at least 4 members (excludes halogenated alkanes) is 2. The van der Waals surface area contributed by atoms with Crippen LogP contribution >= 0.6 is 0 Å². The second kappa shape index (κ2) is 8.75. The molecule has 0 saturated heterocycles. The summed E-state index contributed by atoms with van der Waals surface area (Å²) < 4.78 is 22.2. The highest BCUT2D eigenvalue weighted by Gasteiger charge is 2.05. The summed E-state index contributed by atoms with van der Waals surface area (Å²) in [5.41, 5.74) is 0. The molecule has 0 aliphatic carbocycles. The summed E-state index contributed by atoms with van der Waals surface area (Å²) in [4.78, 5) is 0. The molecule has 0 aromatic rings. The van der Waals surface area contributed by atoms with E-state index in [4.69, 9.17) is 6.42 Å². The molecule has 0 unspecified atom stereocenters. The van der Waals surface area contributed by atoms with Gasteiger partial charge in [0.2, 0.25) is 0 Å². The van der Waals surface area contributed by atoms with Gasteiger partial charge in [0.05, 0.1) is 5.75 Å². The molecule has 0 bridgehead atoms. The second-order valence-electron chi connectivity index (χ2n) is 3.50. The average molecular weight is 231 g/mol. The van der Waals surface area contributed by atoms with E-state index >= 15 is 0 Å². The topological polar surface area (TPSA) is 46.2 Å². The van der Waals surface area contributed by atoms with Crippen LogP contribution in [0.15, 0.2) is 0 Å². The van der Waals surface area contributed by atoms with Crippen LogP contribution in [0.4, 0.5) is 0 Å². The molecule has 0 fully saturated rings. The van der Waals surface area contributed by atoms with E-state index in [1.165, 1.54) is 0 Å². The summed E-state index contributed by atoms with van der Waals surface area (Å²) in [5.74, 6) is 3.13.